The van der Waals surface area contributed by atoms with E-state index in [1.807, 2.05) is 49.4 Å². The standard InChI is InChI=1S/C14H12N2O/c1-9-5-2-3-6-10(9)14-16-12-8-4-7-11(15)13(12)17-14/h2-8H,15H2,1H3. The Balaban J connectivity index is 2.26. The molecule has 2 aromatic carbocycles. The fourth-order valence-electron chi connectivity index (χ4n) is 1.90. The van der Waals surface area contributed by atoms with Gasteiger partial charge in [0, 0.05) is 5.56 Å². The van der Waals surface area contributed by atoms with Crippen molar-refractivity contribution in [1.29, 1.82) is 0 Å². The van der Waals surface area contributed by atoms with Gasteiger partial charge in [0.25, 0.3) is 0 Å². The molecule has 0 fully saturated rings. The lowest BCUT2D eigenvalue weighted by Gasteiger charge is -1.98. The summed E-state index contributed by atoms with van der Waals surface area (Å²) in [6.45, 7) is 2.04. The maximum atomic E-state index is 5.85. The highest BCUT2D eigenvalue weighted by Gasteiger charge is 2.11. The average molecular weight is 224 g/mol. The lowest BCUT2D eigenvalue weighted by atomic mass is 10.1. The van der Waals surface area contributed by atoms with Crippen molar-refractivity contribution in [2.45, 2.75) is 6.92 Å². The van der Waals surface area contributed by atoms with Crippen LogP contribution in [0.25, 0.3) is 22.6 Å². The van der Waals surface area contributed by atoms with E-state index in [2.05, 4.69) is 4.98 Å². The van der Waals surface area contributed by atoms with E-state index in [-0.39, 0.29) is 0 Å². The molecule has 0 saturated carbocycles. The lowest BCUT2D eigenvalue weighted by Crippen LogP contribution is -1.82. The van der Waals surface area contributed by atoms with E-state index in [1.54, 1.807) is 0 Å². The molecule has 2 N–H and O–H groups in total. The molecule has 0 bridgehead atoms. The highest BCUT2D eigenvalue weighted by molar-refractivity contribution is 5.86. The number of fused-ring (bicyclic) bond motifs is 1. The van der Waals surface area contributed by atoms with E-state index >= 15 is 0 Å². The van der Waals surface area contributed by atoms with Crippen molar-refractivity contribution < 1.29 is 4.42 Å². The van der Waals surface area contributed by atoms with Gasteiger partial charge in [0.05, 0.1) is 5.69 Å². The minimum Gasteiger partial charge on any atom is -0.434 e. The van der Waals surface area contributed by atoms with Crippen LogP contribution in [-0.2, 0) is 0 Å². The maximum Gasteiger partial charge on any atom is 0.227 e. The molecule has 3 heteroatoms. The summed E-state index contributed by atoms with van der Waals surface area (Å²) in [5, 5.41) is 0. The molecule has 0 spiro atoms. The van der Waals surface area contributed by atoms with Gasteiger partial charge in [-0.1, -0.05) is 24.3 Å². The molecule has 3 aromatic rings. The third kappa shape index (κ3) is 1.56. The molecule has 0 amide bonds. The van der Waals surface area contributed by atoms with Gasteiger partial charge in [-0.15, -0.1) is 0 Å². The second kappa shape index (κ2) is 3.63. The largest absolute Gasteiger partial charge is 0.434 e. The zero-order chi connectivity index (χ0) is 11.8. The van der Waals surface area contributed by atoms with Crippen LogP contribution in [0.3, 0.4) is 0 Å². The van der Waals surface area contributed by atoms with Gasteiger partial charge in [-0.25, -0.2) is 4.98 Å². The van der Waals surface area contributed by atoms with E-state index in [1.165, 1.54) is 0 Å². The first kappa shape index (κ1) is 9.90. The molecule has 1 aromatic heterocycles. The number of oxazole rings is 1. The Morgan fingerprint density at radius 1 is 1.06 bits per heavy atom. The summed E-state index contributed by atoms with van der Waals surface area (Å²) in [5.41, 5.74) is 10.1. The topological polar surface area (TPSA) is 52.0 Å². The fourth-order valence-corrected chi connectivity index (χ4v) is 1.90. The zero-order valence-corrected chi connectivity index (χ0v) is 9.47. The van der Waals surface area contributed by atoms with Crippen LogP contribution in [0.1, 0.15) is 5.56 Å². The molecular weight excluding hydrogens is 212 g/mol. The van der Waals surface area contributed by atoms with Crippen LogP contribution in [0.2, 0.25) is 0 Å². The van der Waals surface area contributed by atoms with Gasteiger partial charge < -0.3 is 10.2 Å². The van der Waals surface area contributed by atoms with Crippen molar-refractivity contribution in [2.24, 2.45) is 0 Å². The summed E-state index contributed by atoms with van der Waals surface area (Å²) in [6.07, 6.45) is 0. The second-order valence-corrected chi connectivity index (χ2v) is 4.03. The third-order valence-electron chi connectivity index (χ3n) is 2.82. The molecule has 0 atom stereocenters. The SMILES string of the molecule is Cc1ccccc1-c1nc2cccc(N)c2o1. The number of nitrogens with zero attached hydrogens (tertiary/aromatic N) is 1. The first-order valence-corrected chi connectivity index (χ1v) is 5.47. The number of aromatic nitrogens is 1. The first-order chi connectivity index (χ1) is 8.25. The van der Waals surface area contributed by atoms with Crippen molar-refractivity contribution in [2.75, 3.05) is 5.73 Å². The Labute approximate surface area is 98.9 Å². The van der Waals surface area contributed by atoms with Gasteiger partial charge >= 0.3 is 0 Å². The quantitative estimate of drug-likeness (QED) is 0.644. The fraction of sp³-hybridized carbons (Fsp3) is 0.0714. The second-order valence-electron chi connectivity index (χ2n) is 4.03. The molecule has 0 unspecified atom stereocenters. The van der Waals surface area contributed by atoms with Crippen molar-refractivity contribution in [3.63, 3.8) is 0 Å². The van der Waals surface area contributed by atoms with Gasteiger partial charge in [0.1, 0.15) is 5.52 Å². The number of benzene rings is 2. The minimum absolute atomic E-state index is 0.620. The van der Waals surface area contributed by atoms with Gasteiger partial charge in [0.2, 0.25) is 5.89 Å². The number of aryl methyl sites for hydroxylation is 1. The highest BCUT2D eigenvalue weighted by Crippen LogP contribution is 2.29. The molecular formula is C14H12N2O. The number of hydrogen-bond donors (Lipinski definition) is 1. The molecule has 1 heterocycles. The van der Waals surface area contributed by atoms with E-state index in [0.717, 1.165) is 16.6 Å². The Kier molecular flexibility index (Phi) is 2.11. The van der Waals surface area contributed by atoms with Crippen LogP contribution < -0.4 is 5.73 Å². The highest BCUT2D eigenvalue weighted by atomic mass is 16.3. The Hall–Kier alpha value is -2.29. The van der Waals surface area contributed by atoms with Crippen LogP contribution in [0.15, 0.2) is 46.9 Å². The van der Waals surface area contributed by atoms with Crippen LogP contribution in [0, 0.1) is 6.92 Å². The summed E-state index contributed by atoms with van der Waals surface area (Å²) in [6, 6.07) is 13.6. The Bertz CT molecular complexity index is 686. The molecule has 17 heavy (non-hydrogen) atoms. The lowest BCUT2D eigenvalue weighted by molar-refractivity contribution is 0.620. The summed E-state index contributed by atoms with van der Waals surface area (Å²) < 4.78 is 5.73. The van der Waals surface area contributed by atoms with E-state index in [4.69, 9.17) is 10.2 Å². The Morgan fingerprint density at radius 2 is 1.88 bits per heavy atom. The molecule has 0 saturated heterocycles. The third-order valence-corrected chi connectivity index (χ3v) is 2.82. The van der Waals surface area contributed by atoms with Crippen LogP contribution in [0.5, 0.6) is 0 Å². The van der Waals surface area contributed by atoms with E-state index in [9.17, 15) is 0 Å². The molecule has 0 aliphatic rings. The number of hydrogen-bond acceptors (Lipinski definition) is 3. The summed E-state index contributed by atoms with van der Waals surface area (Å²) in [5.74, 6) is 0.621. The number of anilines is 1. The van der Waals surface area contributed by atoms with Gasteiger partial charge in [0.15, 0.2) is 5.58 Å². The number of nitrogens with two attached hydrogens (primary N) is 1. The average Bonchev–Trinajstić information content (AvgIpc) is 2.75. The van der Waals surface area contributed by atoms with Crippen molar-refractivity contribution in [3.05, 3.63) is 48.0 Å². The predicted molar refractivity (Wildman–Crippen MR) is 68.6 cm³/mol. The van der Waals surface area contributed by atoms with Gasteiger partial charge in [-0.05, 0) is 30.7 Å². The van der Waals surface area contributed by atoms with Gasteiger partial charge in [-0.2, -0.15) is 0 Å². The molecule has 3 rings (SSSR count). The monoisotopic (exact) mass is 224 g/mol. The normalized spacial score (nSPS) is 10.9. The molecule has 3 nitrogen and oxygen atoms in total. The molecule has 0 aliphatic heterocycles. The van der Waals surface area contributed by atoms with Crippen molar-refractivity contribution in [3.8, 4) is 11.5 Å². The zero-order valence-electron chi connectivity index (χ0n) is 9.47. The maximum absolute atomic E-state index is 5.85. The van der Waals surface area contributed by atoms with E-state index < -0.39 is 0 Å². The predicted octanol–water partition coefficient (Wildman–Crippen LogP) is 3.39. The van der Waals surface area contributed by atoms with Crippen LogP contribution in [-0.4, -0.2) is 4.98 Å². The number of para-hydroxylation sites is 1. The first-order valence-electron chi connectivity index (χ1n) is 5.47. The van der Waals surface area contributed by atoms with E-state index in [0.29, 0.717) is 17.2 Å². The smallest absolute Gasteiger partial charge is 0.227 e. The van der Waals surface area contributed by atoms with Crippen molar-refractivity contribution in [1.82, 2.24) is 4.98 Å². The summed E-state index contributed by atoms with van der Waals surface area (Å²) in [4.78, 5) is 4.46. The number of nitrogen functional groups attached to an aromatic ring is 1. The van der Waals surface area contributed by atoms with Crippen LogP contribution >= 0.6 is 0 Å². The van der Waals surface area contributed by atoms with Crippen molar-refractivity contribution >= 4 is 16.8 Å². The van der Waals surface area contributed by atoms with Crippen LogP contribution in [0.4, 0.5) is 5.69 Å². The summed E-state index contributed by atoms with van der Waals surface area (Å²) >= 11 is 0. The molecule has 0 aliphatic carbocycles. The minimum atomic E-state index is 0.620. The Morgan fingerprint density at radius 3 is 2.65 bits per heavy atom. The molecule has 0 radical (unpaired) electrons. The summed E-state index contributed by atoms with van der Waals surface area (Å²) in [7, 11) is 0. The van der Waals surface area contributed by atoms with Gasteiger partial charge in [-0.3, -0.25) is 0 Å². The molecule has 84 valence electrons. The number of rotatable bonds is 1.